The van der Waals surface area contributed by atoms with Crippen molar-refractivity contribution < 1.29 is 23.9 Å². The predicted molar refractivity (Wildman–Crippen MR) is 95.7 cm³/mol. The highest BCUT2D eigenvalue weighted by Crippen LogP contribution is 2.31. The van der Waals surface area contributed by atoms with Crippen molar-refractivity contribution in [2.75, 3.05) is 19.5 Å². The Labute approximate surface area is 146 Å². The number of methoxy groups -OCH3 is 2. The summed E-state index contributed by atoms with van der Waals surface area (Å²) >= 11 is 0. The summed E-state index contributed by atoms with van der Waals surface area (Å²) in [6.45, 7) is 3.79. The van der Waals surface area contributed by atoms with Gasteiger partial charge >= 0.3 is 7.12 Å². The van der Waals surface area contributed by atoms with Gasteiger partial charge in [0.2, 0.25) is 0 Å². The maximum Gasteiger partial charge on any atom is 0.492 e. The second-order valence-electron chi connectivity index (χ2n) is 6.31. The zero-order valence-electron chi connectivity index (χ0n) is 14.6. The molecule has 2 aromatic carbocycles. The molecule has 2 N–H and O–H groups in total. The Kier molecular flexibility index (Phi) is 4.45. The molecule has 7 heteroatoms. The van der Waals surface area contributed by atoms with Crippen molar-refractivity contribution in [2.24, 2.45) is 0 Å². The van der Waals surface area contributed by atoms with Crippen LogP contribution in [0.25, 0.3) is 0 Å². The van der Waals surface area contributed by atoms with Crippen LogP contribution < -0.4 is 20.3 Å². The maximum atomic E-state index is 12.5. The van der Waals surface area contributed by atoms with E-state index in [1.807, 2.05) is 19.9 Å². The number of anilines is 1. The van der Waals surface area contributed by atoms with E-state index in [4.69, 9.17) is 14.1 Å². The SMILES string of the molecule is COc1ccc(C(=O)Nc2ccc3c(c2)B(O)OC3(C)C)cc1OC. The molecule has 130 valence electrons. The molecule has 0 bridgehead atoms. The van der Waals surface area contributed by atoms with E-state index in [9.17, 15) is 9.82 Å². The van der Waals surface area contributed by atoms with Gasteiger partial charge in [-0.25, -0.2) is 0 Å². The molecule has 1 heterocycles. The smallest absolute Gasteiger partial charge is 0.492 e. The van der Waals surface area contributed by atoms with Gasteiger partial charge in [0, 0.05) is 11.3 Å². The van der Waals surface area contributed by atoms with Crippen LogP contribution in [0.4, 0.5) is 5.69 Å². The van der Waals surface area contributed by atoms with Gasteiger partial charge in [-0.1, -0.05) is 6.07 Å². The Balaban J connectivity index is 1.84. The summed E-state index contributed by atoms with van der Waals surface area (Å²) in [5.74, 6) is 0.752. The van der Waals surface area contributed by atoms with Crippen molar-refractivity contribution in [2.45, 2.75) is 19.4 Å². The van der Waals surface area contributed by atoms with Gasteiger partial charge in [-0.2, -0.15) is 0 Å². The first-order valence-electron chi connectivity index (χ1n) is 7.89. The Morgan fingerprint density at radius 3 is 2.52 bits per heavy atom. The topological polar surface area (TPSA) is 77.0 Å². The van der Waals surface area contributed by atoms with Crippen molar-refractivity contribution in [1.82, 2.24) is 0 Å². The van der Waals surface area contributed by atoms with Crippen molar-refractivity contribution in [3.05, 3.63) is 47.5 Å². The number of nitrogens with one attached hydrogen (secondary N) is 1. The van der Waals surface area contributed by atoms with E-state index < -0.39 is 12.7 Å². The number of benzene rings is 2. The van der Waals surface area contributed by atoms with Crippen LogP contribution in [0.2, 0.25) is 0 Å². The molecule has 1 amide bonds. The largest absolute Gasteiger partial charge is 0.493 e. The van der Waals surface area contributed by atoms with E-state index in [1.54, 1.807) is 30.3 Å². The lowest BCUT2D eigenvalue weighted by Gasteiger charge is -2.19. The zero-order chi connectivity index (χ0) is 18.2. The average molecular weight is 341 g/mol. The molecule has 0 unspecified atom stereocenters. The van der Waals surface area contributed by atoms with E-state index in [1.165, 1.54) is 14.2 Å². The van der Waals surface area contributed by atoms with Crippen molar-refractivity contribution in [1.29, 1.82) is 0 Å². The van der Waals surface area contributed by atoms with E-state index in [-0.39, 0.29) is 5.91 Å². The number of ether oxygens (including phenoxy) is 2. The van der Waals surface area contributed by atoms with Crippen molar-refractivity contribution in [3.8, 4) is 11.5 Å². The standard InChI is InChI=1S/C18H20BNO5/c1-18(2)13-7-6-12(10-14(13)19(22)25-18)20-17(21)11-5-8-15(23-3)16(9-11)24-4/h5-10,22H,1-4H3,(H,20,21). The molecule has 0 aliphatic carbocycles. The van der Waals surface area contributed by atoms with Crippen molar-refractivity contribution in [3.63, 3.8) is 0 Å². The summed E-state index contributed by atoms with van der Waals surface area (Å²) in [7, 11) is 2.06. The fourth-order valence-electron chi connectivity index (χ4n) is 2.98. The van der Waals surface area contributed by atoms with E-state index in [0.717, 1.165) is 5.56 Å². The first-order valence-corrected chi connectivity index (χ1v) is 7.89. The van der Waals surface area contributed by atoms with Gasteiger partial charge in [-0.15, -0.1) is 0 Å². The third-order valence-corrected chi connectivity index (χ3v) is 4.28. The molecule has 0 atom stereocenters. The molecule has 0 aromatic heterocycles. The monoisotopic (exact) mass is 341 g/mol. The molecule has 0 radical (unpaired) electrons. The highest BCUT2D eigenvalue weighted by atomic mass is 16.5. The molecule has 25 heavy (non-hydrogen) atoms. The van der Waals surface area contributed by atoms with Crippen LogP contribution in [0.15, 0.2) is 36.4 Å². The highest BCUT2D eigenvalue weighted by molar-refractivity contribution is 6.62. The van der Waals surface area contributed by atoms with Crippen molar-refractivity contribution >= 4 is 24.2 Å². The quantitative estimate of drug-likeness (QED) is 0.831. The Bertz CT molecular complexity index is 821. The molecule has 0 saturated heterocycles. The normalized spacial score (nSPS) is 14.8. The highest BCUT2D eigenvalue weighted by Gasteiger charge is 2.40. The third-order valence-electron chi connectivity index (χ3n) is 4.28. The summed E-state index contributed by atoms with van der Waals surface area (Å²) < 4.78 is 15.9. The summed E-state index contributed by atoms with van der Waals surface area (Å²) in [4.78, 5) is 12.5. The predicted octanol–water partition coefficient (Wildman–Crippen LogP) is 1.91. The van der Waals surface area contributed by atoms with Gasteiger partial charge in [0.05, 0.1) is 19.8 Å². The van der Waals surface area contributed by atoms with Crippen LogP contribution in [0, 0.1) is 0 Å². The minimum absolute atomic E-state index is 0.284. The molecular formula is C18H20BNO5. The number of hydrogen-bond acceptors (Lipinski definition) is 5. The fourth-order valence-corrected chi connectivity index (χ4v) is 2.98. The van der Waals surface area contributed by atoms with Crippen LogP contribution in [-0.2, 0) is 10.3 Å². The molecule has 1 aliphatic rings. The zero-order valence-corrected chi connectivity index (χ0v) is 14.6. The lowest BCUT2D eigenvalue weighted by atomic mass is 9.78. The number of carbonyl (C=O) groups excluding carboxylic acids is 1. The lowest BCUT2D eigenvalue weighted by Crippen LogP contribution is -2.29. The molecule has 6 nitrogen and oxygen atoms in total. The first kappa shape index (κ1) is 17.3. The third kappa shape index (κ3) is 3.20. The molecule has 0 saturated carbocycles. The minimum atomic E-state index is -0.997. The number of amides is 1. The maximum absolute atomic E-state index is 12.5. The van der Waals surface area contributed by atoms with Gasteiger partial charge in [0.1, 0.15) is 0 Å². The Hall–Kier alpha value is -2.51. The first-order chi connectivity index (χ1) is 11.9. The Morgan fingerprint density at radius 2 is 1.84 bits per heavy atom. The number of carbonyl (C=O) groups is 1. The van der Waals surface area contributed by atoms with Gasteiger partial charge < -0.3 is 24.5 Å². The molecule has 1 aliphatic heterocycles. The van der Waals surface area contributed by atoms with Crippen LogP contribution in [0.3, 0.4) is 0 Å². The molecule has 2 aromatic rings. The van der Waals surface area contributed by atoms with Crippen LogP contribution in [0.5, 0.6) is 11.5 Å². The number of rotatable bonds is 4. The van der Waals surface area contributed by atoms with Crippen LogP contribution >= 0.6 is 0 Å². The van der Waals surface area contributed by atoms with E-state index in [2.05, 4.69) is 5.32 Å². The van der Waals surface area contributed by atoms with E-state index in [0.29, 0.717) is 28.2 Å². The van der Waals surface area contributed by atoms with Gasteiger partial charge in [-0.05, 0) is 55.2 Å². The summed E-state index contributed by atoms with van der Waals surface area (Å²) in [6.07, 6.45) is 0. The Morgan fingerprint density at radius 1 is 1.12 bits per heavy atom. The van der Waals surface area contributed by atoms with Crippen LogP contribution in [0.1, 0.15) is 29.8 Å². The molecule has 0 spiro atoms. The van der Waals surface area contributed by atoms with Gasteiger partial charge in [0.25, 0.3) is 5.91 Å². The second kappa shape index (κ2) is 6.42. The number of hydrogen-bond donors (Lipinski definition) is 2. The summed E-state index contributed by atoms with van der Waals surface area (Å²) in [5, 5.41) is 12.9. The van der Waals surface area contributed by atoms with Gasteiger partial charge in [0.15, 0.2) is 11.5 Å². The van der Waals surface area contributed by atoms with Crippen LogP contribution in [-0.4, -0.2) is 32.3 Å². The van der Waals surface area contributed by atoms with Gasteiger partial charge in [-0.3, -0.25) is 4.79 Å². The summed E-state index contributed by atoms with van der Waals surface area (Å²) in [6, 6.07) is 10.3. The van der Waals surface area contributed by atoms with E-state index >= 15 is 0 Å². The molecule has 0 fully saturated rings. The molecule has 3 rings (SSSR count). The second-order valence-corrected chi connectivity index (χ2v) is 6.31. The summed E-state index contributed by atoms with van der Waals surface area (Å²) in [5.41, 5.74) is 2.04. The molecular weight excluding hydrogens is 321 g/mol. The minimum Gasteiger partial charge on any atom is -0.493 e. The number of fused-ring (bicyclic) bond motifs is 1. The fraction of sp³-hybridized carbons (Fsp3) is 0.278. The lowest BCUT2D eigenvalue weighted by molar-refractivity contribution is 0.100. The average Bonchev–Trinajstić information content (AvgIpc) is 2.82.